The number of aromatic nitrogens is 2. The Morgan fingerprint density at radius 1 is 0.929 bits per heavy atom. The standard InChI is InChI=1S/C20H29N5O2S/c26-28(27)15-13-24(14-16-28)10-6-9-21-19-20(25-11-4-1-5-12-25)23-18-8-3-2-7-17(18)22-19/h2-3,7-8H,1,4-6,9-16H2,(H,21,22). The van der Waals surface area contributed by atoms with Crippen molar-refractivity contribution in [1.29, 1.82) is 0 Å². The number of piperidine rings is 1. The lowest BCUT2D eigenvalue weighted by Gasteiger charge is -2.29. The van der Waals surface area contributed by atoms with Gasteiger partial charge in [0.05, 0.1) is 22.5 Å². The molecule has 2 aliphatic heterocycles. The summed E-state index contributed by atoms with van der Waals surface area (Å²) >= 11 is 0. The number of anilines is 2. The van der Waals surface area contributed by atoms with E-state index in [4.69, 9.17) is 9.97 Å². The van der Waals surface area contributed by atoms with Gasteiger partial charge in [-0.05, 0) is 44.4 Å². The fourth-order valence-electron chi connectivity index (χ4n) is 3.92. The molecule has 0 saturated carbocycles. The molecule has 2 aromatic rings. The van der Waals surface area contributed by atoms with Crippen LogP contribution in [-0.2, 0) is 9.84 Å². The van der Waals surface area contributed by atoms with Gasteiger partial charge in [0.25, 0.3) is 0 Å². The molecule has 7 nitrogen and oxygen atoms in total. The highest BCUT2D eigenvalue weighted by Gasteiger charge is 2.21. The van der Waals surface area contributed by atoms with Crippen LogP contribution in [0.4, 0.5) is 11.6 Å². The zero-order valence-electron chi connectivity index (χ0n) is 16.3. The molecule has 3 heterocycles. The molecule has 1 aromatic carbocycles. The Morgan fingerprint density at radius 2 is 1.61 bits per heavy atom. The zero-order chi connectivity index (χ0) is 19.4. The van der Waals surface area contributed by atoms with Gasteiger partial charge in [0.1, 0.15) is 0 Å². The first kappa shape index (κ1) is 19.4. The average molecular weight is 404 g/mol. The molecule has 1 N–H and O–H groups in total. The lowest BCUT2D eigenvalue weighted by molar-refractivity contribution is 0.294. The number of rotatable bonds is 6. The van der Waals surface area contributed by atoms with Crippen LogP contribution < -0.4 is 10.2 Å². The van der Waals surface area contributed by atoms with Crippen molar-refractivity contribution in [2.45, 2.75) is 25.7 Å². The average Bonchev–Trinajstić information content (AvgIpc) is 2.72. The van der Waals surface area contributed by atoms with Crippen LogP contribution in [0.5, 0.6) is 0 Å². The van der Waals surface area contributed by atoms with Gasteiger partial charge < -0.3 is 15.1 Å². The van der Waals surface area contributed by atoms with Gasteiger partial charge in [0, 0.05) is 32.7 Å². The molecule has 2 fully saturated rings. The maximum absolute atomic E-state index is 11.5. The smallest absolute Gasteiger partial charge is 0.172 e. The molecule has 4 rings (SSSR count). The van der Waals surface area contributed by atoms with E-state index in [-0.39, 0.29) is 11.5 Å². The molecule has 0 radical (unpaired) electrons. The topological polar surface area (TPSA) is 78.4 Å². The van der Waals surface area contributed by atoms with Crippen LogP contribution in [0, 0.1) is 0 Å². The molecule has 0 aliphatic carbocycles. The molecule has 1 aromatic heterocycles. The van der Waals surface area contributed by atoms with Gasteiger partial charge >= 0.3 is 0 Å². The van der Waals surface area contributed by atoms with E-state index in [9.17, 15) is 8.42 Å². The minimum Gasteiger partial charge on any atom is -0.367 e. The molecule has 28 heavy (non-hydrogen) atoms. The van der Waals surface area contributed by atoms with Crippen molar-refractivity contribution < 1.29 is 8.42 Å². The molecular weight excluding hydrogens is 374 g/mol. The van der Waals surface area contributed by atoms with Crippen molar-refractivity contribution in [3.8, 4) is 0 Å². The number of fused-ring (bicyclic) bond motifs is 1. The summed E-state index contributed by atoms with van der Waals surface area (Å²) in [6, 6.07) is 8.01. The van der Waals surface area contributed by atoms with Crippen LogP contribution in [0.15, 0.2) is 24.3 Å². The zero-order valence-corrected chi connectivity index (χ0v) is 17.1. The van der Waals surface area contributed by atoms with Crippen LogP contribution >= 0.6 is 0 Å². The van der Waals surface area contributed by atoms with E-state index in [1.165, 1.54) is 19.3 Å². The molecule has 0 unspecified atom stereocenters. The van der Waals surface area contributed by atoms with Crippen LogP contribution in [0.2, 0.25) is 0 Å². The summed E-state index contributed by atoms with van der Waals surface area (Å²) in [6.45, 7) is 5.07. The van der Waals surface area contributed by atoms with E-state index in [2.05, 4.69) is 15.1 Å². The number of benzene rings is 1. The molecule has 0 bridgehead atoms. The molecule has 0 atom stereocenters. The number of nitrogens with one attached hydrogen (secondary N) is 1. The molecule has 0 amide bonds. The van der Waals surface area contributed by atoms with Crippen LogP contribution in [0.1, 0.15) is 25.7 Å². The van der Waals surface area contributed by atoms with E-state index in [1.54, 1.807) is 0 Å². The molecule has 2 aliphatic rings. The number of hydrogen-bond donors (Lipinski definition) is 1. The summed E-state index contributed by atoms with van der Waals surface area (Å²) in [5.41, 5.74) is 1.84. The molecular formula is C20H29N5O2S. The summed E-state index contributed by atoms with van der Waals surface area (Å²) in [5, 5.41) is 3.50. The SMILES string of the molecule is O=S1(=O)CCN(CCCNc2nc3ccccc3nc2N2CCCCC2)CC1. The van der Waals surface area contributed by atoms with E-state index in [1.807, 2.05) is 24.3 Å². The van der Waals surface area contributed by atoms with E-state index in [0.29, 0.717) is 13.1 Å². The van der Waals surface area contributed by atoms with Crippen molar-refractivity contribution in [3.63, 3.8) is 0 Å². The van der Waals surface area contributed by atoms with Gasteiger partial charge in [0.15, 0.2) is 21.5 Å². The van der Waals surface area contributed by atoms with Crippen LogP contribution in [0.3, 0.4) is 0 Å². The number of sulfone groups is 1. The quantitative estimate of drug-likeness (QED) is 0.741. The Kier molecular flexibility index (Phi) is 5.96. The minimum absolute atomic E-state index is 0.287. The normalized spacial score (nSPS) is 20.4. The van der Waals surface area contributed by atoms with Crippen LogP contribution in [0.25, 0.3) is 11.0 Å². The summed E-state index contributed by atoms with van der Waals surface area (Å²) in [7, 11) is -2.81. The number of hydrogen-bond acceptors (Lipinski definition) is 7. The van der Waals surface area contributed by atoms with Gasteiger partial charge in [-0.2, -0.15) is 0 Å². The second-order valence-corrected chi connectivity index (χ2v) is 10.0. The third-order valence-corrected chi connectivity index (χ3v) is 7.20. The van der Waals surface area contributed by atoms with Crippen molar-refractivity contribution in [2.75, 3.05) is 61.0 Å². The molecule has 0 spiro atoms. The highest BCUT2D eigenvalue weighted by Crippen LogP contribution is 2.27. The highest BCUT2D eigenvalue weighted by molar-refractivity contribution is 7.91. The maximum atomic E-state index is 11.5. The summed E-state index contributed by atoms with van der Waals surface area (Å²) in [5.74, 6) is 2.40. The first-order chi connectivity index (χ1) is 13.6. The number of nitrogens with zero attached hydrogens (tertiary/aromatic N) is 4. The van der Waals surface area contributed by atoms with E-state index in [0.717, 1.165) is 55.3 Å². The lowest BCUT2D eigenvalue weighted by Crippen LogP contribution is -2.41. The van der Waals surface area contributed by atoms with Crippen LogP contribution in [-0.4, -0.2) is 74.1 Å². The van der Waals surface area contributed by atoms with Gasteiger partial charge in [-0.25, -0.2) is 18.4 Å². The predicted molar refractivity (Wildman–Crippen MR) is 114 cm³/mol. The highest BCUT2D eigenvalue weighted by atomic mass is 32.2. The third-order valence-electron chi connectivity index (χ3n) is 5.59. The minimum atomic E-state index is -2.81. The Balaban J connectivity index is 1.40. The second-order valence-electron chi connectivity index (χ2n) is 7.71. The first-order valence-electron chi connectivity index (χ1n) is 10.3. The van der Waals surface area contributed by atoms with Gasteiger partial charge in [0.2, 0.25) is 0 Å². The lowest BCUT2D eigenvalue weighted by atomic mass is 10.1. The summed E-state index contributed by atoms with van der Waals surface area (Å²) < 4.78 is 23.1. The third kappa shape index (κ3) is 4.72. The van der Waals surface area contributed by atoms with E-state index >= 15 is 0 Å². The van der Waals surface area contributed by atoms with Crippen molar-refractivity contribution in [1.82, 2.24) is 14.9 Å². The fourth-order valence-corrected chi connectivity index (χ4v) is 5.20. The summed E-state index contributed by atoms with van der Waals surface area (Å²) in [4.78, 5) is 14.3. The molecule has 8 heteroatoms. The Morgan fingerprint density at radius 3 is 2.32 bits per heavy atom. The maximum Gasteiger partial charge on any atom is 0.172 e. The van der Waals surface area contributed by atoms with E-state index < -0.39 is 9.84 Å². The second kappa shape index (κ2) is 8.61. The first-order valence-corrected chi connectivity index (χ1v) is 12.1. The molecule has 152 valence electrons. The van der Waals surface area contributed by atoms with Crippen molar-refractivity contribution in [2.24, 2.45) is 0 Å². The monoisotopic (exact) mass is 403 g/mol. The largest absolute Gasteiger partial charge is 0.367 e. The fraction of sp³-hybridized carbons (Fsp3) is 0.600. The Bertz CT molecular complexity index is 898. The predicted octanol–water partition coefficient (Wildman–Crippen LogP) is 2.15. The van der Waals surface area contributed by atoms with Gasteiger partial charge in [-0.1, -0.05) is 12.1 Å². The van der Waals surface area contributed by atoms with Gasteiger partial charge in [-0.15, -0.1) is 0 Å². The molecule has 2 saturated heterocycles. The Hall–Kier alpha value is -1.93. The summed E-state index contributed by atoms with van der Waals surface area (Å²) in [6.07, 6.45) is 4.64. The Labute approximate surface area is 167 Å². The number of para-hydroxylation sites is 2. The van der Waals surface area contributed by atoms with Crippen molar-refractivity contribution in [3.05, 3.63) is 24.3 Å². The van der Waals surface area contributed by atoms with Gasteiger partial charge in [-0.3, -0.25) is 0 Å². The van der Waals surface area contributed by atoms with Crippen molar-refractivity contribution >= 4 is 32.5 Å².